The van der Waals surface area contributed by atoms with Crippen LogP contribution in [0.25, 0.3) is 0 Å². The summed E-state index contributed by atoms with van der Waals surface area (Å²) in [5, 5.41) is 4.94. The lowest BCUT2D eigenvalue weighted by Crippen LogP contribution is -2.40. The number of hydrogen-bond donors (Lipinski definition) is 1. The van der Waals surface area contributed by atoms with Crippen molar-refractivity contribution < 1.29 is 17.9 Å². The van der Waals surface area contributed by atoms with Crippen molar-refractivity contribution in [2.24, 2.45) is 0 Å². The molecule has 1 aliphatic heterocycles. The quantitative estimate of drug-likeness (QED) is 0.700. The molecule has 1 fully saturated rings. The lowest BCUT2D eigenvalue weighted by molar-refractivity contribution is 0.0730. The number of sulfonamides is 1. The van der Waals surface area contributed by atoms with Crippen LogP contribution in [0.2, 0.25) is 0 Å². The van der Waals surface area contributed by atoms with Crippen molar-refractivity contribution in [2.75, 3.05) is 26.3 Å². The molecule has 3 rings (SSSR count). The molecule has 1 saturated heterocycles. The van der Waals surface area contributed by atoms with Crippen LogP contribution < -0.4 is 5.32 Å². The summed E-state index contributed by atoms with van der Waals surface area (Å²) in [6, 6.07) is 8.61. The summed E-state index contributed by atoms with van der Waals surface area (Å²) >= 11 is 4.95. The zero-order valence-electron chi connectivity index (χ0n) is 14.9. The van der Waals surface area contributed by atoms with E-state index < -0.39 is 10.0 Å². The number of benzene rings is 1. The Morgan fingerprint density at radius 2 is 2.07 bits per heavy atom. The number of carbonyl (C=O) groups excluding carboxylic acids is 1. The SMILES string of the molecule is CC(Cc1cccs1)NC(=O)c1ccc(Br)c(S(=O)(=O)N2CCOCC2)c1. The third-order valence-corrected chi connectivity index (χ3v) is 8.04. The molecular weight excluding hydrogens is 452 g/mol. The van der Waals surface area contributed by atoms with E-state index in [1.807, 2.05) is 24.4 Å². The number of thiophene rings is 1. The van der Waals surface area contributed by atoms with E-state index in [9.17, 15) is 13.2 Å². The summed E-state index contributed by atoms with van der Waals surface area (Å²) in [7, 11) is -3.69. The number of amides is 1. The van der Waals surface area contributed by atoms with E-state index in [2.05, 4.69) is 21.2 Å². The van der Waals surface area contributed by atoms with Crippen LogP contribution in [-0.2, 0) is 21.2 Å². The Morgan fingerprint density at radius 3 is 2.74 bits per heavy atom. The first kappa shape index (κ1) is 20.5. The van der Waals surface area contributed by atoms with Gasteiger partial charge >= 0.3 is 0 Å². The van der Waals surface area contributed by atoms with Gasteiger partial charge in [-0.1, -0.05) is 6.07 Å². The minimum absolute atomic E-state index is 0.0564. The summed E-state index contributed by atoms with van der Waals surface area (Å²) in [6.45, 7) is 3.29. The van der Waals surface area contributed by atoms with Gasteiger partial charge in [-0.2, -0.15) is 4.31 Å². The van der Waals surface area contributed by atoms with Gasteiger partial charge in [0.1, 0.15) is 0 Å². The smallest absolute Gasteiger partial charge is 0.251 e. The molecule has 6 nitrogen and oxygen atoms in total. The maximum Gasteiger partial charge on any atom is 0.251 e. The molecule has 1 atom stereocenters. The van der Waals surface area contributed by atoms with Crippen molar-refractivity contribution >= 4 is 43.2 Å². The molecule has 1 aromatic carbocycles. The van der Waals surface area contributed by atoms with Crippen molar-refractivity contribution in [3.63, 3.8) is 0 Å². The second-order valence-corrected chi connectivity index (χ2v) is 10.1. The molecule has 1 aliphatic rings. The molecule has 1 N–H and O–H groups in total. The predicted octanol–water partition coefficient (Wildman–Crippen LogP) is 2.89. The lowest BCUT2D eigenvalue weighted by atomic mass is 10.1. The number of hydrogen-bond acceptors (Lipinski definition) is 5. The zero-order chi connectivity index (χ0) is 19.4. The van der Waals surface area contributed by atoms with Crippen molar-refractivity contribution in [3.05, 3.63) is 50.6 Å². The van der Waals surface area contributed by atoms with Crippen molar-refractivity contribution in [1.82, 2.24) is 9.62 Å². The molecule has 9 heteroatoms. The Morgan fingerprint density at radius 1 is 1.33 bits per heavy atom. The average Bonchev–Trinajstić information content (AvgIpc) is 3.15. The third kappa shape index (κ3) is 4.97. The predicted molar refractivity (Wildman–Crippen MR) is 109 cm³/mol. The minimum atomic E-state index is -3.69. The van der Waals surface area contributed by atoms with Crippen LogP contribution in [0.3, 0.4) is 0 Å². The van der Waals surface area contributed by atoms with Gasteiger partial charge in [0.05, 0.1) is 18.1 Å². The van der Waals surface area contributed by atoms with Crippen LogP contribution in [0.4, 0.5) is 0 Å². The van der Waals surface area contributed by atoms with E-state index in [0.29, 0.717) is 36.3 Å². The monoisotopic (exact) mass is 472 g/mol. The first-order valence-electron chi connectivity index (χ1n) is 8.58. The summed E-state index contributed by atoms with van der Waals surface area (Å²) in [4.78, 5) is 13.9. The van der Waals surface area contributed by atoms with E-state index >= 15 is 0 Å². The first-order valence-corrected chi connectivity index (χ1v) is 11.7. The molecule has 2 aromatic rings. The number of carbonyl (C=O) groups is 1. The zero-order valence-corrected chi connectivity index (χ0v) is 18.1. The molecule has 0 bridgehead atoms. The Hall–Kier alpha value is -1.26. The number of nitrogens with one attached hydrogen (secondary N) is 1. The number of nitrogens with zero attached hydrogens (tertiary/aromatic N) is 1. The van der Waals surface area contributed by atoms with Crippen molar-refractivity contribution in [2.45, 2.75) is 24.3 Å². The highest BCUT2D eigenvalue weighted by molar-refractivity contribution is 9.10. The molecular formula is C18H21BrN2O4S2. The van der Waals surface area contributed by atoms with Gasteiger partial charge in [0.2, 0.25) is 10.0 Å². The minimum Gasteiger partial charge on any atom is -0.379 e. The van der Waals surface area contributed by atoms with Crippen molar-refractivity contribution in [3.8, 4) is 0 Å². The molecule has 146 valence electrons. The first-order chi connectivity index (χ1) is 12.9. The van der Waals surface area contributed by atoms with Crippen LogP contribution in [0.5, 0.6) is 0 Å². The van der Waals surface area contributed by atoms with E-state index in [1.54, 1.807) is 23.5 Å². The van der Waals surface area contributed by atoms with Gasteiger partial charge in [0, 0.05) is 40.5 Å². The largest absolute Gasteiger partial charge is 0.379 e. The van der Waals surface area contributed by atoms with E-state index in [4.69, 9.17) is 4.74 Å². The Kier molecular flexibility index (Phi) is 6.69. The van der Waals surface area contributed by atoms with Crippen LogP contribution in [0.1, 0.15) is 22.2 Å². The van der Waals surface area contributed by atoms with E-state index in [-0.39, 0.29) is 16.8 Å². The fourth-order valence-corrected chi connectivity index (χ4v) is 6.05. The fraction of sp³-hybridized carbons (Fsp3) is 0.389. The molecule has 0 aliphatic carbocycles. The van der Waals surface area contributed by atoms with Gasteiger partial charge in [-0.05, 0) is 52.5 Å². The molecule has 0 radical (unpaired) electrons. The Bertz CT molecular complexity index is 894. The second-order valence-electron chi connectivity index (χ2n) is 6.32. The highest BCUT2D eigenvalue weighted by Gasteiger charge is 2.29. The van der Waals surface area contributed by atoms with Crippen LogP contribution in [-0.4, -0.2) is 51.0 Å². The van der Waals surface area contributed by atoms with Crippen LogP contribution >= 0.6 is 27.3 Å². The second kappa shape index (κ2) is 8.83. The standard InChI is InChI=1S/C18H21BrN2O4S2/c1-13(11-15-3-2-10-26-15)20-18(22)14-4-5-16(19)17(12-14)27(23,24)21-6-8-25-9-7-21/h2-5,10,12-13H,6-9,11H2,1H3,(H,20,22). The topological polar surface area (TPSA) is 75.7 Å². The average molecular weight is 473 g/mol. The Balaban J connectivity index is 1.76. The summed E-state index contributed by atoms with van der Waals surface area (Å²) in [6.07, 6.45) is 0.735. The molecule has 1 aromatic heterocycles. The number of morpholine rings is 1. The van der Waals surface area contributed by atoms with Crippen molar-refractivity contribution in [1.29, 1.82) is 0 Å². The van der Waals surface area contributed by atoms with Crippen LogP contribution in [0.15, 0.2) is 45.1 Å². The number of rotatable bonds is 6. The van der Waals surface area contributed by atoms with Gasteiger partial charge in [-0.25, -0.2) is 8.42 Å². The van der Waals surface area contributed by atoms with E-state index in [1.165, 1.54) is 15.2 Å². The maximum absolute atomic E-state index is 12.9. The highest BCUT2D eigenvalue weighted by Crippen LogP contribution is 2.27. The molecule has 1 amide bonds. The molecule has 0 spiro atoms. The maximum atomic E-state index is 12.9. The third-order valence-electron chi connectivity index (χ3n) is 4.25. The Labute approximate surface area is 171 Å². The number of ether oxygens (including phenoxy) is 1. The summed E-state index contributed by atoms with van der Waals surface area (Å²) in [5.74, 6) is -0.287. The van der Waals surface area contributed by atoms with Gasteiger partial charge in [-0.3, -0.25) is 4.79 Å². The summed E-state index contributed by atoms with van der Waals surface area (Å²) in [5.41, 5.74) is 0.322. The number of halogens is 1. The normalized spacial score (nSPS) is 16.8. The molecule has 0 saturated carbocycles. The van der Waals surface area contributed by atoms with Gasteiger partial charge in [0.25, 0.3) is 5.91 Å². The molecule has 2 heterocycles. The molecule has 27 heavy (non-hydrogen) atoms. The van der Waals surface area contributed by atoms with E-state index in [0.717, 1.165) is 6.42 Å². The lowest BCUT2D eigenvalue weighted by Gasteiger charge is -2.26. The van der Waals surface area contributed by atoms with Gasteiger partial charge in [-0.15, -0.1) is 11.3 Å². The van der Waals surface area contributed by atoms with Crippen LogP contribution in [0, 0.1) is 0 Å². The fourth-order valence-electron chi connectivity index (χ4n) is 2.86. The molecule has 1 unspecified atom stereocenters. The highest BCUT2D eigenvalue weighted by atomic mass is 79.9. The van der Waals surface area contributed by atoms with Gasteiger partial charge < -0.3 is 10.1 Å². The summed E-state index contributed by atoms with van der Waals surface area (Å²) < 4.78 is 32.9. The van der Waals surface area contributed by atoms with Gasteiger partial charge in [0.15, 0.2) is 0 Å².